The Hall–Kier alpha value is -1.44. The van der Waals surface area contributed by atoms with E-state index in [0.29, 0.717) is 12.0 Å². The third-order valence-corrected chi connectivity index (χ3v) is 6.25. The van der Waals surface area contributed by atoms with Crippen LogP contribution < -0.4 is 0 Å². The van der Waals surface area contributed by atoms with Crippen molar-refractivity contribution in [1.82, 2.24) is 9.21 Å². The minimum Gasteiger partial charge on any atom is -0.478 e. The molecule has 0 bridgehead atoms. The lowest BCUT2D eigenvalue weighted by Gasteiger charge is -2.18. The van der Waals surface area contributed by atoms with E-state index in [2.05, 4.69) is 4.90 Å². The van der Waals surface area contributed by atoms with Gasteiger partial charge in [0.2, 0.25) is 10.0 Å². The Kier molecular flexibility index (Phi) is 5.78. The van der Waals surface area contributed by atoms with Gasteiger partial charge in [0.25, 0.3) is 0 Å². The van der Waals surface area contributed by atoms with Crippen molar-refractivity contribution < 1.29 is 18.3 Å². The van der Waals surface area contributed by atoms with Gasteiger partial charge >= 0.3 is 5.97 Å². The molecule has 1 aromatic rings. The van der Waals surface area contributed by atoms with Gasteiger partial charge in [-0.25, -0.2) is 17.5 Å². The number of sulfonamides is 1. The molecule has 2 rings (SSSR count). The summed E-state index contributed by atoms with van der Waals surface area (Å²) in [6, 6.07) is 7.14. The first-order chi connectivity index (χ1) is 10.8. The van der Waals surface area contributed by atoms with Gasteiger partial charge in [-0.1, -0.05) is 18.2 Å². The van der Waals surface area contributed by atoms with Crippen molar-refractivity contribution >= 4 is 16.0 Å². The van der Waals surface area contributed by atoms with Crippen molar-refractivity contribution in [2.75, 3.05) is 39.5 Å². The molecule has 0 aromatic heterocycles. The smallest absolute Gasteiger partial charge is 0.335 e. The van der Waals surface area contributed by atoms with Gasteiger partial charge in [0, 0.05) is 20.6 Å². The van der Waals surface area contributed by atoms with Crippen LogP contribution in [0.25, 0.3) is 0 Å². The SMILES string of the molecule is CN(C)S(=O)(=O)CCCN1CC[C@@H](c2ccccc2C(=O)O)C1. The molecule has 23 heavy (non-hydrogen) atoms. The van der Waals surface area contributed by atoms with Crippen LogP contribution in [0.1, 0.15) is 34.7 Å². The first-order valence-electron chi connectivity index (χ1n) is 7.76. The second-order valence-electron chi connectivity index (χ2n) is 6.13. The predicted octanol–water partition coefficient (Wildman–Crippen LogP) is 1.46. The Bertz CT molecular complexity index is 658. The number of hydrogen-bond donors (Lipinski definition) is 1. The fraction of sp³-hybridized carbons (Fsp3) is 0.562. The van der Waals surface area contributed by atoms with E-state index in [0.717, 1.165) is 31.6 Å². The van der Waals surface area contributed by atoms with Crippen molar-refractivity contribution in [3.05, 3.63) is 35.4 Å². The van der Waals surface area contributed by atoms with Gasteiger partial charge in [-0.3, -0.25) is 0 Å². The number of carbonyl (C=O) groups is 1. The van der Waals surface area contributed by atoms with Crippen molar-refractivity contribution in [3.63, 3.8) is 0 Å². The number of carboxylic acids is 1. The van der Waals surface area contributed by atoms with Crippen LogP contribution in [0.5, 0.6) is 0 Å². The second kappa shape index (κ2) is 7.42. The Balaban J connectivity index is 1.91. The summed E-state index contributed by atoms with van der Waals surface area (Å²) in [5, 5.41) is 9.29. The molecule has 0 saturated carbocycles. The van der Waals surface area contributed by atoms with E-state index in [9.17, 15) is 18.3 Å². The van der Waals surface area contributed by atoms with Gasteiger partial charge in [0.15, 0.2) is 0 Å². The normalized spacial score (nSPS) is 19.3. The zero-order valence-electron chi connectivity index (χ0n) is 13.6. The van der Waals surface area contributed by atoms with Crippen LogP contribution in [0.3, 0.4) is 0 Å². The van der Waals surface area contributed by atoms with Crippen LogP contribution in [-0.2, 0) is 10.0 Å². The second-order valence-corrected chi connectivity index (χ2v) is 8.43. The minimum atomic E-state index is -3.14. The Morgan fingerprint density at radius 1 is 1.35 bits per heavy atom. The molecule has 1 aromatic carbocycles. The first-order valence-corrected chi connectivity index (χ1v) is 9.37. The summed E-state index contributed by atoms with van der Waals surface area (Å²) >= 11 is 0. The van der Waals surface area contributed by atoms with E-state index in [4.69, 9.17) is 0 Å². The number of hydrogen-bond acceptors (Lipinski definition) is 4. The summed E-state index contributed by atoms with van der Waals surface area (Å²) in [6.07, 6.45) is 1.50. The number of likely N-dealkylation sites (tertiary alicyclic amines) is 1. The number of rotatable bonds is 7. The third-order valence-electron chi connectivity index (χ3n) is 4.34. The molecule has 128 valence electrons. The first kappa shape index (κ1) is 17.9. The molecule has 1 N–H and O–H groups in total. The molecule has 0 unspecified atom stereocenters. The topological polar surface area (TPSA) is 77.9 Å². The Morgan fingerprint density at radius 2 is 2.04 bits per heavy atom. The van der Waals surface area contributed by atoms with Crippen LogP contribution in [0.4, 0.5) is 0 Å². The quantitative estimate of drug-likeness (QED) is 0.813. The summed E-state index contributed by atoms with van der Waals surface area (Å²) in [5.74, 6) is -0.545. The molecular weight excluding hydrogens is 316 g/mol. The maximum atomic E-state index is 11.8. The van der Waals surface area contributed by atoms with Crippen LogP contribution in [-0.4, -0.2) is 68.2 Å². The van der Waals surface area contributed by atoms with E-state index >= 15 is 0 Å². The molecule has 1 aliphatic rings. The van der Waals surface area contributed by atoms with E-state index < -0.39 is 16.0 Å². The van der Waals surface area contributed by atoms with Gasteiger partial charge in [0.05, 0.1) is 11.3 Å². The highest BCUT2D eigenvalue weighted by Gasteiger charge is 2.27. The minimum absolute atomic E-state index is 0.146. The number of nitrogens with zero attached hydrogens (tertiary/aromatic N) is 2. The fourth-order valence-corrected chi connectivity index (χ4v) is 3.85. The third kappa shape index (κ3) is 4.53. The van der Waals surface area contributed by atoms with E-state index in [1.807, 2.05) is 12.1 Å². The summed E-state index contributed by atoms with van der Waals surface area (Å²) in [5.41, 5.74) is 1.25. The van der Waals surface area contributed by atoms with Gasteiger partial charge < -0.3 is 10.0 Å². The van der Waals surface area contributed by atoms with Gasteiger partial charge in [-0.2, -0.15) is 0 Å². The maximum absolute atomic E-state index is 11.8. The molecule has 0 aliphatic carbocycles. The molecule has 7 heteroatoms. The zero-order chi connectivity index (χ0) is 17.0. The number of aromatic carboxylic acids is 1. The summed E-state index contributed by atoms with van der Waals surface area (Å²) < 4.78 is 24.8. The van der Waals surface area contributed by atoms with Crippen molar-refractivity contribution in [3.8, 4) is 0 Å². The average molecular weight is 340 g/mol. The molecule has 1 heterocycles. The van der Waals surface area contributed by atoms with Crippen LogP contribution in [0, 0.1) is 0 Å². The molecule has 0 spiro atoms. The molecule has 1 saturated heterocycles. The van der Waals surface area contributed by atoms with Gasteiger partial charge in [-0.05, 0) is 43.5 Å². The highest BCUT2D eigenvalue weighted by Crippen LogP contribution is 2.29. The summed E-state index contributed by atoms with van der Waals surface area (Å²) in [6.45, 7) is 2.38. The molecule has 0 radical (unpaired) electrons. The van der Waals surface area contributed by atoms with Crippen molar-refractivity contribution in [2.24, 2.45) is 0 Å². The van der Waals surface area contributed by atoms with Gasteiger partial charge in [-0.15, -0.1) is 0 Å². The van der Waals surface area contributed by atoms with Crippen molar-refractivity contribution in [2.45, 2.75) is 18.8 Å². The standard InChI is InChI=1S/C16H24N2O4S/c1-17(2)23(21,22)11-5-9-18-10-8-13(12-18)14-6-3-4-7-15(14)16(19)20/h3-4,6-7,13H,5,8-12H2,1-2H3,(H,19,20)/t13-/m1/s1. The van der Waals surface area contributed by atoms with E-state index in [1.54, 1.807) is 26.2 Å². The predicted molar refractivity (Wildman–Crippen MR) is 89.3 cm³/mol. The molecule has 1 fully saturated rings. The van der Waals surface area contributed by atoms with Crippen LogP contribution in [0.15, 0.2) is 24.3 Å². The molecule has 1 atom stereocenters. The Morgan fingerprint density at radius 3 is 2.70 bits per heavy atom. The maximum Gasteiger partial charge on any atom is 0.335 e. The average Bonchev–Trinajstić information content (AvgIpc) is 2.95. The summed E-state index contributed by atoms with van der Waals surface area (Å²) in [7, 11) is -0.0532. The monoisotopic (exact) mass is 340 g/mol. The fourth-order valence-electron chi connectivity index (χ4n) is 2.99. The van der Waals surface area contributed by atoms with E-state index in [-0.39, 0.29) is 11.7 Å². The number of carboxylic acid groups (broad SMARTS) is 1. The van der Waals surface area contributed by atoms with Crippen LogP contribution in [0.2, 0.25) is 0 Å². The molecule has 0 amide bonds. The lowest BCUT2D eigenvalue weighted by atomic mass is 9.93. The highest BCUT2D eigenvalue weighted by molar-refractivity contribution is 7.89. The lowest BCUT2D eigenvalue weighted by molar-refractivity contribution is 0.0695. The molecule has 6 nitrogen and oxygen atoms in total. The molecule has 1 aliphatic heterocycles. The highest BCUT2D eigenvalue weighted by atomic mass is 32.2. The van der Waals surface area contributed by atoms with E-state index in [1.165, 1.54) is 4.31 Å². The van der Waals surface area contributed by atoms with Gasteiger partial charge in [0.1, 0.15) is 0 Å². The number of benzene rings is 1. The Labute approximate surface area is 137 Å². The van der Waals surface area contributed by atoms with Crippen LogP contribution >= 0.6 is 0 Å². The largest absolute Gasteiger partial charge is 0.478 e. The summed E-state index contributed by atoms with van der Waals surface area (Å²) in [4.78, 5) is 13.5. The zero-order valence-corrected chi connectivity index (χ0v) is 14.4. The lowest BCUT2D eigenvalue weighted by Crippen LogP contribution is -2.28. The molecular formula is C16H24N2O4S. The van der Waals surface area contributed by atoms with Crippen molar-refractivity contribution in [1.29, 1.82) is 0 Å².